The zero-order valence-electron chi connectivity index (χ0n) is 8.05. The van der Waals surface area contributed by atoms with Gasteiger partial charge in [0.05, 0.1) is 5.52 Å². The van der Waals surface area contributed by atoms with E-state index in [1.807, 2.05) is 0 Å². The Bertz CT molecular complexity index is 635. The van der Waals surface area contributed by atoms with Gasteiger partial charge in [0.25, 0.3) is 0 Å². The summed E-state index contributed by atoms with van der Waals surface area (Å²) in [5.74, 6) is 1.07. The normalized spacial score (nSPS) is 10.8. The van der Waals surface area contributed by atoms with Gasteiger partial charge in [-0.15, -0.1) is 10.2 Å². The lowest BCUT2D eigenvalue weighted by atomic mass is 10.3. The summed E-state index contributed by atoms with van der Waals surface area (Å²) < 4.78 is 0. The van der Waals surface area contributed by atoms with Gasteiger partial charge >= 0.3 is 0 Å². The average molecular weight is 232 g/mol. The Hall–Kier alpha value is -2.01. The van der Waals surface area contributed by atoms with E-state index in [0.29, 0.717) is 22.2 Å². The van der Waals surface area contributed by atoms with Crippen molar-refractivity contribution in [3.05, 3.63) is 35.6 Å². The summed E-state index contributed by atoms with van der Waals surface area (Å²) in [6.07, 6.45) is 3.36. The fourth-order valence-corrected chi connectivity index (χ4v) is 1.56. The topological polar surface area (TPSA) is 67.3 Å². The standard InChI is InChI=1S/C10H6ClN5/c11-6-1-2-7-8(5-6)15-16-10(14-7)9-12-3-4-13-9/h1-5H,(H,12,13). The number of H-pyrrole nitrogens is 1. The molecule has 0 unspecified atom stereocenters. The predicted molar refractivity (Wildman–Crippen MR) is 59.9 cm³/mol. The number of hydrogen-bond donors (Lipinski definition) is 1. The lowest BCUT2D eigenvalue weighted by Crippen LogP contribution is -1.95. The summed E-state index contributed by atoms with van der Waals surface area (Å²) in [4.78, 5) is 11.3. The second-order valence-electron chi connectivity index (χ2n) is 3.21. The van der Waals surface area contributed by atoms with Gasteiger partial charge in [0.2, 0.25) is 5.82 Å². The molecule has 3 aromatic rings. The Kier molecular flexibility index (Phi) is 2.04. The maximum absolute atomic E-state index is 5.84. The maximum atomic E-state index is 5.84. The van der Waals surface area contributed by atoms with Crippen LogP contribution in [0.4, 0.5) is 0 Å². The van der Waals surface area contributed by atoms with Crippen LogP contribution in [0.3, 0.4) is 0 Å². The molecular formula is C10H6ClN5. The van der Waals surface area contributed by atoms with Crippen molar-refractivity contribution in [1.82, 2.24) is 25.1 Å². The van der Waals surface area contributed by atoms with Gasteiger partial charge in [-0.1, -0.05) is 11.6 Å². The van der Waals surface area contributed by atoms with Crippen molar-refractivity contribution >= 4 is 22.6 Å². The van der Waals surface area contributed by atoms with Crippen molar-refractivity contribution < 1.29 is 0 Å². The monoisotopic (exact) mass is 231 g/mol. The summed E-state index contributed by atoms with van der Waals surface area (Å²) in [5.41, 5.74) is 1.41. The molecule has 3 rings (SSSR count). The highest BCUT2D eigenvalue weighted by Gasteiger charge is 2.06. The van der Waals surface area contributed by atoms with Gasteiger partial charge in [-0.25, -0.2) is 9.97 Å². The van der Waals surface area contributed by atoms with Crippen molar-refractivity contribution in [2.45, 2.75) is 0 Å². The molecule has 0 aliphatic heterocycles. The molecule has 0 atom stereocenters. The molecule has 2 heterocycles. The first-order valence-electron chi connectivity index (χ1n) is 4.63. The number of hydrogen-bond acceptors (Lipinski definition) is 4. The molecule has 0 radical (unpaired) electrons. The van der Waals surface area contributed by atoms with E-state index in [1.165, 1.54) is 0 Å². The fourth-order valence-electron chi connectivity index (χ4n) is 1.40. The molecule has 0 spiro atoms. The number of imidazole rings is 1. The molecule has 5 nitrogen and oxygen atoms in total. The minimum absolute atomic E-state index is 0.472. The quantitative estimate of drug-likeness (QED) is 0.696. The van der Waals surface area contributed by atoms with Crippen molar-refractivity contribution in [1.29, 1.82) is 0 Å². The summed E-state index contributed by atoms with van der Waals surface area (Å²) in [5, 5.41) is 8.64. The molecule has 2 aromatic heterocycles. The van der Waals surface area contributed by atoms with Crippen LogP contribution < -0.4 is 0 Å². The van der Waals surface area contributed by atoms with Gasteiger partial charge in [0, 0.05) is 17.4 Å². The average Bonchev–Trinajstić information content (AvgIpc) is 2.82. The minimum Gasteiger partial charge on any atom is -0.342 e. The number of fused-ring (bicyclic) bond motifs is 1. The van der Waals surface area contributed by atoms with E-state index in [0.717, 1.165) is 5.52 Å². The highest BCUT2D eigenvalue weighted by Crippen LogP contribution is 2.17. The molecule has 0 aliphatic rings. The Morgan fingerprint density at radius 2 is 2.06 bits per heavy atom. The molecule has 1 N–H and O–H groups in total. The lowest BCUT2D eigenvalue weighted by Gasteiger charge is -1.98. The number of halogens is 1. The third-order valence-electron chi connectivity index (χ3n) is 2.13. The Morgan fingerprint density at radius 3 is 2.88 bits per heavy atom. The van der Waals surface area contributed by atoms with Gasteiger partial charge in [-0.2, -0.15) is 0 Å². The van der Waals surface area contributed by atoms with Gasteiger partial charge in [0.1, 0.15) is 5.52 Å². The third kappa shape index (κ3) is 1.51. The third-order valence-corrected chi connectivity index (χ3v) is 2.36. The van der Waals surface area contributed by atoms with E-state index < -0.39 is 0 Å². The summed E-state index contributed by atoms with van der Waals surface area (Å²) in [6, 6.07) is 5.30. The summed E-state index contributed by atoms with van der Waals surface area (Å²) in [6.45, 7) is 0. The second-order valence-corrected chi connectivity index (χ2v) is 3.64. The smallest absolute Gasteiger partial charge is 0.218 e. The van der Waals surface area contributed by atoms with Crippen LogP contribution in [0.25, 0.3) is 22.7 Å². The summed E-state index contributed by atoms with van der Waals surface area (Å²) >= 11 is 5.84. The van der Waals surface area contributed by atoms with Crippen LogP contribution in [0.2, 0.25) is 5.02 Å². The SMILES string of the molecule is Clc1ccc2nc(-c3ncc[nH]3)nnc2c1. The van der Waals surface area contributed by atoms with Crippen LogP contribution in [0.1, 0.15) is 0 Å². The molecule has 0 bridgehead atoms. The maximum Gasteiger partial charge on any atom is 0.218 e. The van der Waals surface area contributed by atoms with E-state index >= 15 is 0 Å². The Morgan fingerprint density at radius 1 is 1.12 bits per heavy atom. The summed E-state index contributed by atoms with van der Waals surface area (Å²) in [7, 11) is 0. The van der Waals surface area contributed by atoms with Crippen molar-refractivity contribution in [2.24, 2.45) is 0 Å². The van der Waals surface area contributed by atoms with Crippen molar-refractivity contribution in [3.8, 4) is 11.6 Å². The predicted octanol–water partition coefficient (Wildman–Crippen LogP) is 2.07. The molecule has 0 fully saturated rings. The van der Waals surface area contributed by atoms with E-state index in [1.54, 1.807) is 30.6 Å². The lowest BCUT2D eigenvalue weighted by molar-refractivity contribution is 1.01. The van der Waals surface area contributed by atoms with Crippen molar-refractivity contribution in [3.63, 3.8) is 0 Å². The zero-order valence-corrected chi connectivity index (χ0v) is 8.81. The van der Waals surface area contributed by atoms with Crippen LogP contribution in [-0.2, 0) is 0 Å². The molecule has 0 amide bonds. The first-order chi connectivity index (χ1) is 7.83. The molecule has 6 heteroatoms. The molecule has 0 aliphatic carbocycles. The van der Waals surface area contributed by atoms with Crippen LogP contribution in [0.5, 0.6) is 0 Å². The van der Waals surface area contributed by atoms with Crippen LogP contribution in [0, 0.1) is 0 Å². The largest absolute Gasteiger partial charge is 0.342 e. The van der Waals surface area contributed by atoms with Crippen molar-refractivity contribution in [2.75, 3.05) is 0 Å². The molecular weight excluding hydrogens is 226 g/mol. The first kappa shape index (κ1) is 9.23. The first-order valence-corrected chi connectivity index (χ1v) is 5.00. The van der Waals surface area contributed by atoms with Crippen LogP contribution >= 0.6 is 11.6 Å². The Balaban J connectivity index is 2.20. The van der Waals surface area contributed by atoms with Gasteiger partial charge in [-0.05, 0) is 18.2 Å². The number of benzene rings is 1. The second kappa shape index (κ2) is 3.53. The molecule has 0 saturated heterocycles. The highest BCUT2D eigenvalue weighted by atomic mass is 35.5. The molecule has 1 aromatic carbocycles. The van der Waals surface area contributed by atoms with E-state index in [2.05, 4.69) is 25.1 Å². The van der Waals surface area contributed by atoms with Crippen LogP contribution in [-0.4, -0.2) is 25.1 Å². The number of nitrogens with zero attached hydrogens (tertiary/aromatic N) is 4. The van der Waals surface area contributed by atoms with E-state index in [9.17, 15) is 0 Å². The van der Waals surface area contributed by atoms with E-state index in [-0.39, 0.29) is 0 Å². The van der Waals surface area contributed by atoms with Gasteiger partial charge in [-0.3, -0.25) is 0 Å². The number of aromatic amines is 1. The Labute approximate surface area is 95.5 Å². The van der Waals surface area contributed by atoms with Gasteiger partial charge < -0.3 is 4.98 Å². The number of rotatable bonds is 1. The highest BCUT2D eigenvalue weighted by molar-refractivity contribution is 6.31. The zero-order chi connectivity index (χ0) is 11.0. The molecule has 0 saturated carbocycles. The molecule has 78 valence electrons. The van der Waals surface area contributed by atoms with Crippen LogP contribution in [0.15, 0.2) is 30.6 Å². The van der Waals surface area contributed by atoms with Gasteiger partial charge in [0.15, 0.2) is 5.82 Å². The number of aromatic nitrogens is 5. The fraction of sp³-hybridized carbons (Fsp3) is 0. The molecule has 16 heavy (non-hydrogen) atoms. The van der Waals surface area contributed by atoms with E-state index in [4.69, 9.17) is 11.6 Å². The minimum atomic E-state index is 0.472. The number of nitrogens with one attached hydrogen (secondary N) is 1.